The van der Waals surface area contributed by atoms with Crippen LogP contribution in [0.5, 0.6) is 0 Å². The van der Waals surface area contributed by atoms with Gasteiger partial charge in [-0.3, -0.25) is 14.4 Å². The minimum absolute atomic E-state index is 0.0148. The summed E-state index contributed by atoms with van der Waals surface area (Å²) in [5, 5.41) is 5.52. The lowest BCUT2D eigenvalue weighted by Crippen LogP contribution is -2.29. The first-order valence-corrected chi connectivity index (χ1v) is 8.73. The Bertz CT molecular complexity index is 345. The minimum atomic E-state index is 0.0148. The molecule has 6 nitrogen and oxygen atoms in total. The maximum atomic E-state index is 11.6. The first-order chi connectivity index (χ1) is 11.1. The van der Waals surface area contributed by atoms with Crippen LogP contribution in [0.15, 0.2) is 0 Å². The molecule has 0 bridgehead atoms. The molecule has 0 aliphatic heterocycles. The largest absolute Gasteiger partial charge is 0.378 e. The fraction of sp³-hybridized carbons (Fsp3) is 0.824. The first-order valence-electron chi connectivity index (χ1n) is 8.73. The summed E-state index contributed by atoms with van der Waals surface area (Å²) in [7, 11) is 0. The molecule has 134 valence electrons. The van der Waals surface area contributed by atoms with Crippen molar-refractivity contribution >= 4 is 17.6 Å². The van der Waals surface area contributed by atoms with E-state index in [1.165, 1.54) is 0 Å². The number of nitrogens with one attached hydrogen (secondary N) is 2. The SMILES string of the molecule is CCC(=O)CCCCCCC(=O)NCCOCCNC(=O)CC. The molecule has 6 heteroatoms. The zero-order chi connectivity index (χ0) is 17.3. The third-order valence-corrected chi connectivity index (χ3v) is 3.46. The van der Waals surface area contributed by atoms with E-state index < -0.39 is 0 Å². The number of Topliss-reactive ketones (excluding diaryl/α,β-unsaturated/α-hetero) is 1. The van der Waals surface area contributed by atoms with Gasteiger partial charge in [0.15, 0.2) is 0 Å². The highest BCUT2D eigenvalue weighted by Crippen LogP contribution is 2.06. The Kier molecular flexibility index (Phi) is 14.5. The number of ketones is 1. The number of ether oxygens (including phenoxy) is 1. The predicted octanol–water partition coefficient (Wildman–Crippen LogP) is 1.97. The molecule has 0 unspecified atom stereocenters. The number of unbranched alkanes of at least 4 members (excludes halogenated alkanes) is 3. The first kappa shape index (κ1) is 21.6. The Morgan fingerprint density at radius 2 is 1.30 bits per heavy atom. The molecule has 0 rings (SSSR count). The van der Waals surface area contributed by atoms with Gasteiger partial charge in [0.25, 0.3) is 0 Å². The number of rotatable bonds is 15. The van der Waals surface area contributed by atoms with E-state index in [1.54, 1.807) is 6.92 Å². The standard InChI is InChI=1S/C17H32N2O4/c1-3-15(20)9-7-5-6-8-10-17(22)19-12-14-23-13-11-18-16(21)4-2/h3-14H2,1-2H3,(H,18,21)(H,19,22). The molecule has 0 saturated carbocycles. The van der Waals surface area contributed by atoms with Crippen molar-refractivity contribution in [3.8, 4) is 0 Å². The van der Waals surface area contributed by atoms with E-state index in [0.29, 0.717) is 57.8 Å². The second-order valence-electron chi connectivity index (χ2n) is 5.47. The topological polar surface area (TPSA) is 84.5 Å². The van der Waals surface area contributed by atoms with Crippen molar-refractivity contribution in [2.24, 2.45) is 0 Å². The predicted molar refractivity (Wildman–Crippen MR) is 90.1 cm³/mol. The second-order valence-corrected chi connectivity index (χ2v) is 5.47. The van der Waals surface area contributed by atoms with Crippen LogP contribution in [0.2, 0.25) is 0 Å². The number of hydrogen-bond acceptors (Lipinski definition) is 4. The highest BCUT2D eigenvalue weighted by atomic mass is 16.5. The summed E-state index contributed by atoms with van der Waals surface area (Å²) >= 11 is 0. The van der Waals surface area contributed by atoms with Gasteiger partial charge in [0.1, 0.15) is 5.78 Å². The van der Waals surface area contributed by atoms with Crippen molar-refractivity contribution < 1.29 is 19.1 Å². The molecule has 0 heterocycles. The Morgan fingerprint density at radius 1 is 0.739 bits per heavy atom. The van der Waals surface area contributed by atoms with Crippen LogP contribution >= 0.6 is 0 Å². The molecule has 2 N–H and O–H groups in total. The van der Waals surface area contributed by atoms with Crippen LogP contribution in [-0.4, -0.2) is 43.9 Å². The lowest BCUT2D eigenvalue weighted by molar-refractivity contribution is -0.121. The monoisotopic (exact) mass is 328 g/mol. The summed E-state index contributed by atoms with van der Waals surface area (Å²) in [5.41, 5.74) is 0. The average molecular weight is 328 g/mol. The number of carbonyl (C=O) groups excluding carboxylic acids is 3. The summed E-state index contributed by atoms with van der Waals surface area (Å²) in [6.07, 6.45) is 6.06. The van der Waals surface area contributed by atoms with Gasteiger partial charge in [-0.25, -0.2) is 0 Å². The summed E-state index contributed by atoms with van der Waals surface area (Å²) in [5.74, 6) is 0.371. The smallest absolute Gasteiger partial charge is 0.220 e. The van der Waals surface area contributed by atoms with Crippen LogP contribution in [0.1, 0.15) is 65.2 Å². The highest BCUT2D eigenvalue weighted by Gasteiger charge is 2.02. The van der Waals surface area contributed by atoms with Crippen molar-refractivity contribution in [2.45, 2.75) is 65.2 Å². The maximum Gasteiger partial charge on any atom is 0.220 e. The molecule has 0 saturated heterocycles. The van der Waals surface area contributed by atoms with Crippen LogP contribution in [0.25, 0.3) is 0 Å². The van der Waals surface area contributed by atoms with Crippen LogP contribution < -0.4 is 10.6 Å². The number of carbonyl (C=O) groups is 3. The second kappa shape index (κ2) is 15.5. The molecular weight excluding hydrogens is 296 g/mol. The molecule has 0 atom stereocenters. The molecule has 2 amide bonds. The number of amides is 2. The van der Waals surface area contributed by atoms with Gasteiger partial charge in [-0.1, -0.05) is 26.7 Å². The zero-order valence-corrected chi connectivity index (χ0v) is 14.6. The minimum Gasteiger partial charge on any atom is -0.378 e. The normalized spacial score (nSPS) is 10.3. The van der Waals surface area contributed by atoms with Gasteiger partial charge in [-0.2, -0.15) is 0 Å². The van der Waals surface area contributed by atoms with E-state index >= 15 is 0 Å². The molecule has 0 aromatic carbocycles. The summed E-state index contributed by atoms with van der Waals surface area (Å²) in [4.78, 5) is 33.7. The maximum absolute atomic E-state index is 11.6. The molecule has 0 aromatic rings. The van der Waals surface area contributed by atoms with E-state index in [0.717, 1.165) is 25.7 Å². The lowest BCUT2D eigenvalue weighted by atomic mass is 10.1. The third kappa shape index (κ3) is 15.2. The van der Waals surface area contributed by atoms with Crippen molar-refractivity contribution in [1.82, 2.24) is 10.6 Å². The lowest BCUT2D eigenvalue weighted by Gasteiger charge is -2.07. The van der Waals surface area contributed by atoms with E-state index in [-0.39, 0.29) is 11.8 Å². The average Bonchev–Trinajstić information content (AvgIpc) is 2.56. The Hall–Kier alpha value is -1.43. The van der Waals surface area contributed by atoms with Crippen LogP contribution in [-0.2, 0) is 19.1 Å². The van der Waals surface area contributed by atoms with Crippen LogP contribution in [0.3, 0.4) is 0 Å². The van der Waals surface area contributed by atoms with Gasteiger partial charge < -0.3 is 15.4 Å². The van der Waals surface area contributed by atoms with Gasteiger partial charge in [0, 0.05) is 38.8 Å². The number of hydrogen-bond donors (Lipinski definition) is 2. The molecule has 0 spiro atoms. The quantitative estimate of drug-likeness (QED) is 0.450. The van der Waals surface area contributed by atoms with Gasteiger partial charge in [-0.15, -0.1) is 0 Å². The fourth-order valence-electron chi connectivity index (χ4n) is 1.98. The van der Waals surface area contributed by atoms with E-state index in [1.807, 2.05) is 6.92 Å². The fourth-order valence-corrected chi connectivity index (χ4v) is 1.98. The summed E-state index contributed by atoms with van der Waals surface area (Å²) in [6.45, 7) is 5.59. The molecule has 0 aromatic heterocycles. The Balaban J connectivity index is 3.28. The molecule has 23 heavy (non-hydrogen) atoms. The molecule has 0 aliphatic carbocycles. The molecule has 0 radical (unpaired) electrons. The van der Waals surface area contributed by atoms with Crippen molar-refractivity contribution in [3.63, 3.8) is 0 Å². The van der Waals surface area contributed by atoms with Crippen molar-refractivity contribution in [2.75, 3.05) is 26.3 Å². The van der Waals surface area contributed by atoms with E-state index in [4.69, 9.17) is 4.74 Å². The molecule has 0 fully saturated rings. The zero-order valence-electron chi connectivity index (χ0n) is 14.6. The summed E-state index contributed by atoms with van der Waals surface area (Å²) in [6, 6.07) is 0. The molecular formula is C17H32N2O4. The highest BCUT2D eigenvalue weighted by molar-refractivity contribution is 5.78. The van der Waals surface area contributed by atoms with Crippen molar-refractivity contribution in [1.29, 1.82) is 0 Å². The summed E-state index contributed by atoms with van der Waals surface area (Å²) < 4.78 is 5.31. The third-order valence-electron chi connectivity index (χ3n) is 3.46. The van der Waals surface area contributed by atoms with Gasteiger partial charge >= 0.3 is 0 Å². The van der Waals surface area contributed by atoms with E-state index in [2.05, 4.69) is 10.6 Å². The van der Waals surface area contributed by atoms with Gasteiger partial charge in [0.05, 0.1) is 13.2 Å². The van der Waals surface area contributed by atoms with Crippen LogP contribution in [0, 0.1) is 0 Å². The van der Waals surface area contributed by atoms with Gasteiger partial charge in [0.2, 0.25) is 11.8 Å². The Labute approximate surface area is 139 Å². The Morgan fingerprint density at radius 3 is 1.87 bits per heavy atom. The van der Waals surface area contributed by atoms with E-state index in [9.17, 15) is 14.4 Å². The molecule has 0 aliphatic rings. The van der Waals surface area contributed by atoms with Crippen LogP contribution in [0.4, 0.5) is 0 Å². The van der Waals surface area contributed by atoms with Crippen molar-refractivity contribution in [3.05, 3.63) is 0 Å². The van der Waals surface area contributed by atoms with Gasteiger partial charge in [-0.05, 0) is 12.8 Å².